The molecule has 3 aromatic rings. The Labute approximate surface area is 175 Å². The summed E-state index contributed by atoms with van der Waals surface area (Å²) in [4.78, 5) is 18.7. The average Bonchev–Trinajstić information content (AvgIpc) is 3.35. The molecule has 3 heterocycles. The van der Waals surface area contributed by atoms with E-state index in [-0.39, 0.29) is 11.9 Å². The van der Waals surface area contributed by atoms with Crippen LogP contribution in [0.1, 0.15) is 38.2 Å². The molecule has 1 fully saturated rings. The summed E-state index contributed by atoms with van der Waals surface area (Å²) in [7, 11) is 2.17. The van der Waals surface area contributed by atoms with Crippen molar-refractivity contribution in [1.29, 1.82) is 0 Å². The molecule has 0 radical (unpaired) electrons. The van der Waals surface area contributed by atoms with Gasteiger partial charge in [-0.15, -0.1) is 11.3 Å². The minimum Gasteiger partial charge on any atom is -0.459 e. The molecule has 1 N–H and O–H groups in total. The first-order valence-electron chi connectivity index (χ1n) is 9.95. The molecule has 152 valence electrons. The molecule has 1 aliphatic rings. The molecule has 0 unspecified atom stereocenters. The van der Waals surface area contributed by atoms with Gasteiger partial charge < -0.3 is 14.6 Å². The van der Waals surface area contributed by atoms with E-state index in [2.05, 4.69) is 66.3 Å². The number of carbonyl (C=O) groups excluding carboxylic acids is 1. The van der Waals surface area contributed by atoms with Crippen LogP contribution in [0.25, 0.3) is 0 Å². The molecule has 4 rings (SSSR count). The summed E-state index contributed by atoms with van der Waals surface area (Å²) in [6.45, 7) is 8.27. The summed E-state index contributed by atoms with van der Waals surface area (Å²) in [5.74, 6) is 0.118. The third kappa shape index (κ3) is 4.45. The fourth-order valence-corrected chi connectivity index (χ4v) is 4.76. The van der Waals surface area contributed by atoms with Gasteiger partial charge in [-0.2, -0.15) is 0 Å². The van der Waals surface area contributed by atoms with Crippen LogP contribution in [0.4, 0.5) is 5.00 Å². The molecule has 6 heteroatoms. The number of carbonyl (C=O) groups is 1. The lowest BCUT2D eigenvalue weighted by atomic mass is 9.96. The second kappa shape index (κ2) is 8.53. The highest BCUT2D eigenvalue weighted by molar-refractivity contribution is 7.16. The van der Waals surface area contributed by atoms with Crippen molar-refractivity contribution >= 4 is 22.2 Å². The highest BCUT2D eigenvalue weighted by Crippen LogP contribution is 2.39. The summed E-state index contributed by atoms with van der Waals surface area (Å²) in [6.07, 6.45) is 1.52. The van der Waals surface area contributed by atoms with Crippen LogP contribution in [0.2, 0.25) is 0 Å². The fraction of sp³-hybridized carbons (Fsp3) is 0.348. The molecule has 5 nitrogen and oxygen atoms in total. The maximum atomic E-state index is 12.6. The number of rotatable bonds is 5. The smallest absolute Gasteiger partial charge is 0.291 e. The minimum absolute atomic E-state index is 0.112. The number of amides is 1. The third-order valence-corrected chi connectivity index (χ3v) is 6.43. The third-order valence-electron chi connectivity index (χ3n) is 5.45. The van der Waals surface area contributed by atoms with Crippen molar-refractivity contribution in [2.45, 2.75) is 19.9 Å². The van der Waals surface area contributed by atoms with Crippen LogP contribution >= 0.6 is 11.3 Å². The van der Waals surface area contributed by atoms with E-state index in [4.69, 9.17) is 4.42 Å². The minimum atomic E-state index is -0.209. The maximum Gasteiger partial charge on any atom is 0.291 e. The number of aryl methyl sites for hydroxylation is 2. The SMILES string of the molecule is Cc1ccc([C@H](c2cc(C)sc2NC(=O)c2ccco2)N2CCN(C)CC2)cc1. The normalized spacial score (nSPS) is 16.7. The molecule has 1 aromatic carbocycles. The number of nitrogens with zero attached hydrogens (tertiary/aromatic N) is 2. The molecule has 1 saturated heterocycles. The molecule has 0 aliphatic carbocycles. The van der Waals surface area contributed by atoms with Crippen molar-refractivity contribution < 1.29 is 9.21 Å². The Kier molecular flexibility index (Phi) is 5.85. The average molecular weight is 410 g/mol. The predicted octanol–water partition coefficient (Wildman–Crippen LogP) is 4.55. The number of nitrogens with one attached hydrogen (secondary N) is 1. The summed E-state index contributed by atoms with van der Waals surface area (Å²) < 4.78 is 5.28. The maximum absolute atomic E-state index is 12.6. The summed E-state index contributed by atoms with van der Waals surface area (Å²) in [5.41, 5.74) is 3.66. The van der Waals surface area contributed by atoms with Crippen LogP contribution in [-0.4, -0.2) is 48.9 Å². The van der Waals surface area contributed by atoms with Crippen molar-refractivity contribution in [2.75, 3.05) is 38.5 Å². The lowest BCUT2D eigenvalue weighted by Gasteiger charge is -2.38. The molecule has 1 aliphatic heterocycles. The quantitative estimate of drug-likeness (QED) is 0.672. The van der Waals surface area contributed by atoms with Crippen molar-refractivity contribution in [3.8, 4) is 0 Å². The van der Waals surface area contributed by atoms with Gasteiger partial charge in [-0.25, -0.2) is 0 Å². The molecule has 0 spiro atoms. The summed E-state index contributed by atoms with van der Waals surface area (Å²) in [5, 5.41) is 3.99. The van der Waals surface area contributed by atoms with Crippen molar-refractivity contribution in [3.05, 3.63) is 76.1 Å². The molecule has 29 heavy (non-hydrogen) atoms. The number of thiophene rings is 1. The van der Waals surface area contributed by atoms with Gasteiger partial charge in [-0.3, -0.25) is 9.69 Å². The van der Waals surface area contributed by atoms with Crippen LogP contribution in [0.3, 0.4) is 0 Å². The van der Waals surface area contributed by atoms with Gasteiger partial charge in [0.2, 0.25) is 0 Å². The van der Waals surface area contributed by atoms with Gasteiger partial charge in [0.1, 0.15) is 5.00 Å². The molecule has 0 bridgehead atoms. The van der Waals surface area contributed by atoms with Crippen molar-refractivity contribution in [3.63, 3.8) is 0 Å². The van der Waals surface area contributed by atoms with Gasteiger partial charge in [-0.1, -0.05) is 29.8 Å². The van der Waals surface area contributed by atoms with E-state index in [9.17, 15) is 4.79 Å². The van der Waals surface area contributed by atoms with Gasteiger partial charge >= 0.3 is 0 Å². The first-order valence-corrected chi connectivity index (χ1v) is 10.8. The van der Waals surface area contributed by atoms with Crippen molar-refractivity contribution in [1.82, 2.24) is 9.80 Å². The first-order chi connectivity index (χ1) is 14.0. The molecule has 2 aromatic heterocycles. The fourth-order valence-electron chi connectivity index (χ4n) is 3.82. The van der Waals surface area contributed by atoms with Crippen LogP contribution < -0.4 is 5.32 Å². The van der Waals surface area contributed by atoms with E-state index < -0.39 is 0 Å². The number of hydrogen-bond donors (Lipinski definition) is 1. The van der Waals surface area contributed by atoms with Gasteiger partial charge in [0.15, 0.2) is 5.76 Å². The number of benzene rings is 1. The van der Waals surface area contributed by atoms with E-state index in [0.717, 1.165) is 36.7 Å². The predicted molar refractivity (Wildman–Crippen MR) is 118 cm³/mol. The van der Waals surface area contributed by atoms with Gasteiger partial charge in [0.05, 0.1) is 12.3 Å². The summed E-state index contributed by atoms with van der Waals surface area (Å²) >= 11 is 1.62. The molecular weight excluding hydrogens is 382 g/mol. The molecule has 1 atom stereocenters. The molecular formula is C23H27N3O2S. The Hall–Kier alpha value is -2.41. The first kappa shape index (κ1) is 19.9. The Balaban J connectivity index is 1.70. The van der Waals surface area contributed by atoms with Crippen LogP contribution in [0.15, 0.2) is 53.1 Å². The Bertz CT molecular complexity index is 955. The Morgan fingerprint density at radius 1 is 1.10 bits per heavy atom. The van der Waals surface area contributed by atoms with E-state index in [1.165, 1.54) is 22.3 Å². The molecule has 0 saturated carbocycles. The van der Waals surface area contributed by atoms with Gasteiger partial charge in [-0.05, 0) is 44.7 Å². The largest absolute Gasteiger partial charge is 0.459 e. The Morgan fingerprint density at radius 3 is 2.48 bits per heavy atom. The highest BCUT2D eigenvalue weighted by atomic mass is 32.1. The van der Waals surface area contributed by atoms with Crippen molar-refractivity contribution in [2.24, 2.45) is 0 Å². The zero-order chi connectivity index (χ0) is 20.4. The van der Waals surface area contributed by atoms with Crippen LogP contribution in [0.5, 0.6) is 0 Å². The number of piperazine rings is 1. The van der Waals surface area contributed by atoms with Gasteiger partial charge in [0, 0.05) is 36.6 Å². The topological polar surface area (TPSA) is 48.7 Å². The summed E-state index contributed by atoms with van der Waals surface area (Å²) in [6, 6.07) is 14.5. The standard InChI is InChI=1S/C23H27N3O2S/c1-16-6-8-18(9-7-16)21(26-12-10-25(3)11-13-26)19-15-17(2)29-23(19)24-22(27)20-5-4-14-28-20/h4-9,14-15,21H,10-13H2,1-3H3,(H,24,27)/t21-/m1/s1. The second-order valence-corrected chi connectivity index (χ2v) is 8.98. The lowest BCUT2D eigenvalue weighted by Crippen LogP contribution is -2.46. The van der Waals surface area contributed by atoms with E-state index in [1.54, 1.807) is 23.5 Å². The zero-order valence-corrected chi connectivity index (χ0v) is 18.0. The highest BCUT2D eigenvalue weighted by Gasteiger charge is 2.29. The van der Waals surface area contributed by atoms with Gasteiger partial charge in [0.25, 0.3) is 5.91 Å². The zero-order valence-electron chi connectivity index (χ0n) is 17.1. The number of anilines is 1. The lowest BCUT2D eigenvalue weighted by molar-refractivity contribution is 0.0996. The van der Waals surface area contributed by atoms with E-state index in [0.29, 0.717) is 5.76 Å². The van der Waals surface area contributed by atoms with E-state index >= 15 is 0 Å². The van der Waals surface area contributed by atoms with Crippen LogP contribution in [-0.2, 0) is 0 Å². The molecule has 1 amide bonds. The Morgan fingerprint density at radius 2 is 1.83 bits per heavy atom. The number of furan rings is 1. The monoisotopic (exact) mass is 409 g/mol. The number of hydrogen-bond acceptors (Lipinski definition) is 5. The second-order valence-electron chi connectivity index (χ2n) is 7.73. The van der Waals surface area contributed by atoms with E-state index in [1.807, 2.05) is 0 Å². The number of likely N-dealkylation sites (N-methyl/N-ethyl adjacent to an activating group) is 1. The van der Waals surface area contributed by atoms with Crippen LogP contribution in [0, 0.1) is 13.8 Å².